The number of ketones is 1. The van der Waals surface area contributed by atoms with E-state index in [1.807, 2.05) is 26.0 Å². The Morgan fingerprint density at radius 2 is 1.25 bits per heavy atom. The van der Waals surface area contributed by atoms with Crippen LogP contribution >= 0.6 is 11.8 Å². The topological polar surface area (TPSA) is 55.4 Å². The van der Waals surface area contributed by atoms with Gasteiger partial charge in [-0.3, -0.25) is 9.59 Å². The van der Waals surface area contributed by atoms with Crippen LogP contribution in [-0.4, -0.2) is 29.3 Å². The summed E-state index contributed by atoms with van der Waals surface area (Å²) in [4.78, 5) is 25.1. The lowest BCUT2D eigenvalue weighted by molar-refractivity contribution is -0.126. The van der Waals surface area contributed by atoms with E-state index in [4.69, 9.17) is 4.74 Å². The molecule has 0 unspecified atom stereocenters. The first-order valence-corrected chi connectivity index (χ1v) is 15.5. The number of carbonyl (C=O) groups is 2. The highest BCUT2D eigenvalue weighted by Gasteiger charge is 2.29. The first kappa shape index (κ1) is 32.5. The van der Waals surface area contributed by atoms with Gasteiger partial charge in [-0.05, 0) is 38.2 Å². The second kappa shape index (κ2) is 20.6. The van der Waals surface area contributed by atoms with E-state index in [2.05, 4.69) is 12.2 Å². The van der Waals surface area contributed by atoms with Crippen molar-refractivity contribution in [3.8, 4) is 5.75 Å². The predicted octanol–water partition coefficient (Wildman–Crippen LogP) is 9.37. The molecule has 1 amide bonds. The van der Waals surface area contributed by atoms with Gasteiger partial charge < -0.3 is 10.1 Å². The van der Waals surface area contributed by atoms with Crippen LogP contribution in [0.4, 0.5) is 5.69 Å². The Labute approximate surface area is 226 Å². The number of anilines is 1. The minimum absolute atomic E-state index is 0.0311. The van der Waals surface area contributed by atoms with Crippen molar-refractivity contribution >= 4 is 29.1 Å². The van der Waals surface area contributed by atoms with E-state index in [0.29, 0.717) is 11.4 Å². The minimum Gasteiger partial charge on any atom is -0.495 e. The molecule has 1 rings (SSSR count). The van der Waals surface area contributed by atoms with Crippen LogP contribution in [0.3, 0.4) is 0 Å². The average Bonchev–Trinajstić information content (AvgIpc) is 2.86. The van der Waals surface area contributed by atoms with Gasteiger partial charge in [-0.15, -0.1) is 11.8 Å². The van der Waals surface area contributed by atoms with Crippen molar-refractivity contribution in [3.63, 3.8) is 0 Å². The molecule has 0 aliphatic rings. The summed E-state index contributed by atoms with van der Waals surface area (Å²) in [5, 5.41) is 2.80. The standard InChI is InChI=1S/C31H53NO3S/c1-5-6-7-8-9-10-11-12-13-14-15-16-17-18-19-22-25-36-31(2,3)29(33)26-30(34)32-27-23-20-21-24-28(27)35-4/h20-21,23-24H,5-19,22,25-26H2,1-4H3,(H,32,34). The number of rotatable bonds is 23. The molecule has 0 aliphatic carbocycles. The van der Waals surface area contributed by atoms with E-state index >= 15 is 0 Å². The SMILES string of the molecule is CCCCCCCCCCCCCCCCCCSC(C)(C)C(=O)CC(=O)Nc1ccccc1OC. The number of Topliss-reactive ketones (excluding diaryl/α,β-unsaturated/α-hetero) is 1. The summed E-state index contributed by atoms with van der Waals surface area (Å²) < 4.78 is 4.71. The Morgan fingerprint density at radius 1 is 0.778 bits per heavy atom. The number of carbonyl (C=O) groups excluding carboxylic acids is 2. The largest absolute Gasteiger partial charge is 0.495 e. The highest BCUT2D eigenvalue weighted by atomic mass is 32.2. The van der Waals surface area contributed by atoms with Crippen LogP contribution in [-0.2, 0) is 9.59 Å². The molecule has 0 aromatic heterocycles. The number of hydrogen-bond acceptors (Lipinski definition) is 4. The summed E-state index contributed by atoms with van der Waals surface area (Å²) in [6.07, 6.45) is 21.7. The fourth-order valence-corrected chi connectivity index (χ4v) is 5.45. The van der Waals surface area contributed by atoms with Gasteiger partial charge in [0.05, 0.1) is 24.0 Å². The number of hydrogen-bond donors (Lipinski definition) is 1. The van der Waals surface area contributed by atoms with Crippen molar-refractivity contribution in [2.24, 2.45) is 0 Å². The maximum absolute atomic E-state index is 12.7. The third-order valence-electron chi connectivity index (χ3n) is 6.83. The summed E-state index contributed by atoms with van der Waals surface area (Å²) in [5.74, 6) is 1.23. The van der Waals surface area contributed by atoms with Gasteiger partial charge >= 0.3 is 0 Å². The maximum Gasteiger partial charge on any atom is 0.231 e. The van der Waals surface area contributed by atoms with Crippen molar-refractivity contribution in [1.82, 2.24) is 0 Å². The Morgan fingerprint density at radius 3 is 1.75 bits per heavy atom. The van der Waals surface area contributed by atoms with E-state index in [1.165, 1.54) is 96.3 Å². The van der Waals surface area contributed by atoms with Crippen LogP contribution in [0.5, 0.6) is 5.75 Å². The Bertz CT molecular complexity index is 720. The number of unbranched alkanes of at least 4 members (excludes halogenated alkanes) is 15. The summed E-state index contributed by atoms with van der Waals surface area (Å²) in [7, 11) is 1.56. The first-order valence-electron chi connectivity index (χ1n) is 14.5. The summed E-state index contributed by atoms with van der Waals surface area (Å²) in [5.41, 5.74) is 0.594. The third-order valence-corrected chi connectivity index (χ3v) is 8.28. The molecule has 5 heteroatoms. The second-order valence-corrected chi connectivity index (χ2v) is 12.2. The van der Waals surface area contributed by atoms with Gasteiger partial charge in [0, 0.05) is 0 Å². The number of thioether (sulfide) groups is 1. The smallest absolute Gasteiger partial charge is 0.231 e. The molecular formula is C31H53NO3S. The van der Waals surface area contributed by atoms with Gasteiger partial charge in [0.15, 0.2) is 5.78 Å². The molecule has 0 atom stereocenters. The lowest BCUT2D eigenvalue weighted by atomic mass is 10.0. The molecule has 0 saturated carbocycles. The number of amides is 1. The van der Waals surface area contributed by atoms with Gasteiger partial charge in [0.25, 0.3) is 0 Å². The average molecular weight is 520 g/mol. The van der Waals surface area contributed by atoms with E-state index in [9.17, 15) is 9.59 Å². The molecule has 0 heterocycles. The lowest BCUT2D eigenvalue weighted by Crippen LogP contribution is -2.32. The normalized spacial score (nSPS) is 11.4. The number of nitrogens with one attached hydrogen (secondary N) is 1. The molecular weight excluding hydrogens is 466 g/mol. The summed E-state index contributed by atoms with van der Waals surface area (Å²) >= 11 is 1.68. The van der Waals surface area contributed by atoms with Crippen LogP contribution in [0.15, 0.2) is 24.3 Å². The zero-order valence-electron chi connectivity index (χ0n) is 23.7. The molecule has 1 aromatic rings. The molecule has 206 valence electrons. The van der Waals surface area contributed by atoms with Crippen LogP contribution < -0.4 is 10.1 Å². The number of ether oxygens (including phenoxy) is 1. The Balaban J connectivity index is 2.01. The van der Waals surface area contributed by atoms with Crippen LogP contribution in [0.25, 0.3) is 0 Å². The first-order chi connectivity index (χ1) is 17.4. The fourth-order valence-electron chi connectivity index (χ4n) is 4.36. The molecule has 0 spiro atoms. The maximum atomic E-state index is 12.7. The fraction of sp³-hybridized carbons (Fsp3) is 0.742. The minimum atomic E-state index is -0.548. The highest BCUT2D eigenvalue weighted by molar-refractivity contribution is 8.01. The van der Waals surface area contributed by atoms with Gasteiger partial charge in [-0.25, -0.2) is 0 Å². The molecule has 4 nitrogen and oxygen atoms in total. The zero-order valence-corrected chi connectivity index (χ0v) is 24.5. The Kier molecular flexibility index (Phi) is 18.6. The second-order valence-electron chi connectivity index (χ2n) is 10.5. The quantitative estimate of drug-likeness (QED) is 0.116. The Hall–Kier alpha value is -1.49. The number of para-hydroxylation sites is 2. The molecule has 0 saturated heterocycles. The van der Waals surface area contributed by atoms with Crippen molar-refractivity contribution < 1.29 is 14.3 Å². The summed E-state index contributed by atoms with van der Waals surface area (Å²) in [6, 6.07) is 7.24. The lowest BCUT2D eigenvalue weighted by Gasteiger charge is -2.22. The van der Waals surface area contributed by atoms with Crippen molar-refractivity contribution in [2.75, 3.05) is 18.2 Å². The van der Waals surface area contributed by atoms with Gasteiger partial charge in [0.2, 0.25) is 5.91 Å². The van der Waals surface area contributed by atoms with E-state index in [1.54, 1.807) is 31.0 Å². The number of benzene rings is 1. The molecule has 1 N–H and O–H groups in total. The van der Waals surface area contributed by atoms with Gasteiger partial charge in [-0.1, -0.05) is 115 Å². The monoisotopic (exact) mass is 519 g/mol. The molecule has 0 aliphatic heterocycles. The van der Waals surface area contributed by atoms with E-state index in [-0.39, 0.29) is 18.1 Å². The van der Waals surface area contributed by atoms with Crippen molar-refractivity contribution in [2.45, 2.75) is 135 Å². The van der Waals surface area contributed by atoms with E-state index in [0.717, 1.165) is 12.2 Å². The molecule has 1 aromatic carbocycles. The molecule has 0 bridgehead atoms. The zero-order chi connectivity index (χ0) is 26.5. The van der Waals surface area contributed by atoms with E-state index < -0.39 is 4.75 Å². The van der Waals surface area contributed by atoms with Gasteiger partial charge in [0.1, 0.15) is 5.75 Å². The molecule has 36 heavy (non-hydrogen) atoms. The van der Waals surface area contributed by atoms with Gasteiger partial charge in [-0.2, -0.15) is 0 Å². The molecule has 0 radical (unpaired) electrons. The number of methoxy groups -OCH3 is 1. The van der Waals surface area contributed by atoms with Crippen molar-refractivity contribution in [3.05, 3.63) is 24.3 Å². The van der Waals surface area contributed by atoms with Crippen LogP contribution in [0.2, 0.25) is 0 Å². The highest BCUT2D eigenvalue weighted by Crippen LogP contribution is 2.29. The predicted molar refractivity (Wildman–Crippen MR) is 157 cm³/mol. The summed E-state index contributed by atoms with van der Waals surface area (Å²) in [6.45, 7) is 6.15. The third kappa shape index (κ3) is 15.6. The van der Waals surface area contributed by atoms with Crippen molar-refractivity contribution in [1.29, 1.82) is 0 Å². The van der Waals surface area contributed by atoms with Crippen LogP contribution in [0, 0.1) is 0 Å². The molecule has 0 fully saturated rings. The van der Waals surface area contributed by atoms with Crippen LogP contribution in [0.1, 0.15) is 130 Å².